The van der Waals surface area contributed by atoms with Gasteiger partial charge < -0.3 is 37.8 Å². The van der Waals surface area contributed by atoms with Crippen LogP contribution in [0.25, 0.3) is 0 Å². The maximum absolute atomic E-state index is 8.40. The van der Waals surface area contributed by atoms with Crippen LogP contribution in [-0.2, 0) is 4.57 Å². The van der Waals surface area contributed by atoms with Crippen LogP contribution in [0.2, 0.25) is 0 Å². The van der Waals surface area contributed by atoms with Gasteiger partial charge in [0.1, 0.15) is 0 Å². The Kier molecular flexibility index (Phi) is 3030. The van der Waals surface area contributed by atoms with Gasteiger partial charge in [0.25, 0.3) is 8.69 Å². The van der Waals surface area contributed by atoms with Crippen molar-refractivity contribution in [3.63, 3.8) is 0 Å². The molecular formula is H13NaO8P+. The van der Waals surface area contributed by atoms with E-state index < -0.39 is 8.69 Å². The van der Waals surface area contributed by atoms with E-state index in [-0.39, 0.29) is 62.4 Å². The molecule has 0 spiro atoms. The Morgan fingerprint density at radius 1 is 0.800 bits per heavy atom. The third-order valence-electron chi connectivity index (χ3n) is 0. The molecule has 0 rings (SSSR count). The summed E-state index contributed by atoms with van der Waals surface area (Å²) in [5, 5.41) is 0. The molecule has 0 amide bonds. The predicted octanol–water partition coefficient (Wildman–Crippen LogP) is -8.66. The summed E-state index contributed by atoms with van der Waals surface area (Å²) in [5.41, 5.74) is 0. The van der Waals surface area contributed by atoms with E-state index in [0.717, 1.165) is 0 Å². The van der Waals surface area contributed by atoms with Crippen LogP contribution in [0.1, 0.15) is 0 Å². The van der Waals surface area contributed by atoms with Crippen molar-refractivity contribution in [2.24, 2.45) is 0 Å². The molecule has 10 heteroatoms. The van der Waals surface area contributed by atoms with Gasteiger partial charge in [0.05, 0.1) is 0 Å². The van der Waals surface area contributed by atoms with Gasteiger partial charge in [-0.05, 0) is 0 Å². The van der Waals surface area contributed by atoms with E-state index in [0.29, 0.717) is 0 Å². The fourth-order valence-electron chi connectivity index (χ4n) is 0. The molecular weight excluding hydrogens is 182 g/mol. The number of rotatable bonds is 0. The molecule has 12 N–H and O–H groups in total. The van der Waals surface area contributed by atoms with Crippen LogP contribution in [0.3, 0.4) is 0 Å². The fourth-order valence-corrected chi connectivity index (χ4v) is 0. The smallest absolute Gasteiger partial charge is 0.597 e. The van der Waals surface area contributed by atoms with Crippen molar-refractivity contribution in [1.82, 2.24) is 0 Å². The maximum Gasteiger partial charge on any atom is 1.00 e. The van der Waals surface area contributed by atoms with E-state index in [1.807, 2.05) is 0 Å². The van der Waals surface area contributed by atoms with Gasteiger partial charge in [-0.3, -0.25) is 0 Å². The van der Waals surface area contributed by atoms with Gasteiger partial charge in [-0.1, -0.05) is 4.57 Å². The van der Waals surface area contributed by atoms with Gasteiger partial charge in [-0.2, -0.15) is 0 Å². The van der Waals surface area contributed by atoms with E-state index in [2.05, 4.69) is 0 Å². The second-order valence-corrected chi connectivity index (χ2v) is 0.250. The van der Waals surface area contributed by atoms with Crippen molar-refractivity contribution < 1.29 is 71.9 Å². The first-order valence-corrected chi connectivity index (χ1v) is 1.22. The molecule has 0 heterocycles. The zero-order chi connectivity index (χ0) is 2.71. The van der Waals surface area contributed by atoms with Gasteiger partial charge in [-0.15, -0.1) is 0 Å². The Morgan fingerprint density at radius 2 is 0.800 bits per heavy atom. The molecule has 0 saturated heterocycles. The first-order valence-electron chi connectivity index (χ1n) is 0.408. The average Bonchev–Trinajstić information content (AvgIpc) is 0.918. The fraction of sp³-hybridized carbons (Fsp3) is 0. The van der Waals surface area contributed by atoms with Gasteiger partial charge in [0.2, 0.25) is 0 Å². The van der Waals surface area contributed by atoms with Crippen LogP contribution < -0.4 is 34.5 Å². The molecule has 0 radical (unpaired) electrons. The maximum atomic E-state index is 8.40. The van der Waals surface area contributed by atoms with Gasteiger partial charge in [0, 0.05) is 0 Å². The Labute approximate surface area is 80.7 Å². The largest absolute Gasteiger partial charge is 1.00 e. The summed E-state index contributed by atoms with van der Waals surface area (Å²) in [4.78, 5) is 8.40. The van der Waals surface area contributed by atoms with Crippen molar-refractivity contribution >= 4 is 8.69 Å². The Hall–Kier alpha value is 0.820. The second kappa shape index (κ2) is 231. The summed E-state index contributed by atoms with van der Waals surface area (Å²) in [7, 11) is -1.42. The van der Waals surface area contributed by atoms with Crippen LogP contribution in [0.15, 0.2) is 0 Å². The van der Waals surface area contributed by atoms with Crippen molar-refractivity contribution in [3.05, 3.63) is 0 Å². The third-order valence-corrected chi connectivity index (χ3v) is 0. The summed E-state index contributed by atoms with van der Waals surface area (Å²) in [5.74, 6) is 0. The molecule has 0 aliphatic carbocycles. The van der Waals surface area contributed by atoms with E-state index in [9.17, 15) is 0 Å². The van der Waals surface area contributed by atoms with E-state index in [1.54, 1.807) is 0 Å². The summed E-state index contributed by atoms with van der Waals surface area (Å²) in [6.45, 7) is 0. The van der Waals surface area contributed by atoms with Crippen molar-refractivity contribution in [3.8, 4) is 0 Å². The average molecular weight is 195 g/mol. The summed E-state index contributed by atoms with van der Waals surface area (Å²) >= 11 is 0. The number of hydrogen-bond donors (Lipinski definition) is 0. The summed E-state index contributed by atoms with van der Waals surface area (Å²) < 4.78 is 8.40. The normalized spacial score (nSPS) is 2.10. The molecule has 0 aliphatic heterocycles. The monoisotopic (exact) mass is 195 g/mol. The molecule has 0 aromatic rings. The van der Waals surface area contributed by atoms with Crippen molar-refractivity contribution in [2.45, 2.75) is 0 Å². The van der Waals surface area contributed by atoms with Crippen molar-refractivity contribution in [1.29, 1.82) is 0 Å². The molecule has 10 heavy (non-hydrogen) atoms. The molecule has 1 atom stereocenters. The van der Waals surface area contributed by atoms with Gasteiger partial charge >= 0.3 is 29.6 Å². The molecule has 0 saturated carbocycles. The summed E-state index contributed by atoms with van der Waals surface area (Å²) in [6, 6.07) is 0. The van der Waals surface area contributed by atoms with Crippen LogP contribution in [0, 0.1) is 0 Å². The van der Waals surface area contributed by atoms with E-state index in [4.69, 9.17) is 9.46 Å². The molecule has 0 bridgehead atoms. The van der Waals surface area contributed by atoms with Crippen LogP contribution in [0.5, 0.6) is 0 Å². The van der Waals surface area contributed by atoms with Gasteiger partial charge in [0.15, 0.2) is 0 Å². The predicted molar refractivity (Wildman–Crippen MR) is 30.7 cm³/mol. The topological polar surface area (TPSA) is 229 Å². The second-order valence-electron chi connectivity index (χ2n) is 0.0833. The van der Waals surface area contributed by atoms with Crippen molar-refractivity contribution in [2.75, 3.05) is 0 Å². The minimum Gasteiger partial charge on any atom is -0.597 e. The van der Waals surface area contributed by atoms with Gasteiger partial charge in [-0.25, -0.2) is 0 Å². The Bertz CT molecular complexity index is 16.7. The summed E-state index contributed by atoms with van der Waals surface area (Å²) in [6.07, 6.45) is 0. The molecule has 0 aromatic carbocycles. The molecule has 0 fully saturated rings. The zero-order valence-electron chi connectivity index (χ0n) is 5.32. The van der Waals surface area contributed by atoms with Crippen LogP contribution in [-0.4, -0.2) is 32.9 Å². The van der Waals surface area contributed by atoms with E-state index >= 15 is 0 Å². The van der Waals surface area contributed by atoms with Crippen LogP contribution in [0.4, 0.5) is 0 Å². The number of hydrogen-bond acceptors (Lipinski definition) is 2. The molecule has 66 valence electrons. The molecule has 8 nitrogen and oxygen atoms in total. The molecule has 0 aromatic heterocycles. The standard InChI is InChI=1S/Na.HO2P.6H2O/c;1-3-2;;;;;;/h;3H;6*1H2/q+1;;;;;;;. The minimum atomic E-state index is -1.42. The zero-order valence-corrected chi connectivity index (χ0v) is 8.32. The van der Waals surface area contributed by atoms with E-state index in [1.165, 1.54) is 0 Å². The SMILES string of the molecule is O.O.O.O.O.O.O=[PH+][O-].[Na+]. The Morgan fingerprint density at radius 3 is 0.800 bits per heavy atom. The molecule has 0 aliphatic rings. The quantitative estimate of drug-likeness (QED) is 0.270. The molecule has 1 unspecified atom stereocenters. The van der Waals surface area contributed by atoms with Crippen LogP contribution >= 0.6 is 8.69 Å². The first-order chi connectivity index (χ1) is 1.41. The Balaban J connectivity index is -0.000000000952. The third kappa shape index (κ3) is 802. The first kappa shape index (κ1) is 131. The minimum absolute atomic E-state index is 0.